The minimum Gasteiger partial charge on any atom is -0.480 e. The largest absolute Gasteiger partial charge is 0.480 e. The number of sulfonamides is 1. The summed E-state index contributed by atoms with van der Waals surface area (Å²) in [4.78, 5) is 12.3. The first-order valence-electron chi connectivity index (χ1n) is 9.26. The molecule has 0 bridgehead atoms. The Balaban J connectivity index is 1.72. The van der Waals surface area contributed by atoms with E-state index in [1.165, 1.54) is 31.5 Å². The lowest BCUT2D eigenvalue weighted by molar-refractivity contribution is 0.385. The maximum atomic E-state index is 14.4. The number of ether oxygens (including phenoxy) is 1. The minimum atomic E-state index is -4.16. The number of anilines is 2. The lowest BCUT2D eigenvalue weighted by Crippen LogP contribution is -2.15. The summed E-state index contributed by atoms with van der Waals surface area (Å²) in [6, 6.07) is 8.65. The summed E-state index contributed by atoms with van der Waals surface area (Å²) in [5.41, 5.74) is 1.76. The molecule has 32 heavy (non-hydrogen) atoms. The van der Waals surface area contributed by atoms with Crippen molar-refractivity contribution in [2.75, 3.05) is 24.2 Å². The average Bonchev–Trinajstić information content (AvgIpc) is 2.77. The summed E-state index contributed by atoms with van der Waals surface area (Å²) in [5.74, 6) is -0.0861. The highest BCUT2D eigenvalue weighted by atomic mass is 35.5. The molecule has 1 aromatic carbocycles. The zero-order valence-electron chi connectivity index (χ0n) is 16.9. The van der Waals surface area contributed by atoms with Gasteiger partial charge < -0.3 is 10.1 Å². The Kier molecular flexibility index (Phi) is 5.81. The van der Waals surface area contributed by atoms with Crippen molar-refractivity contribution >= 4 is 44.0 Å². The van der Waals surface area contributed by atoms with Crippen LogP contribution in [0.1, 0.15) is 0 Å². The van der Waals surface area contributed by atoms with E-state index in [1.54, 1.807) is 31.6 Å². The Hall–Kier alpha value is -3.50. The molecule has 11 heteroatoms. The van der Waals surface area contributed by atoms with E-state index < -0.39 is 15.8 Å². The Morgan fingerprint density at radius 2 is 1.78 bits per heavy atom. The molecule has 0 amide bonds. The highest BCUT2D eigenvalue weighted by Crippen LogP contribution is 2.30. The highest BCUT2D eigenvalue weighted by Gasteiger charge is 2.22. The number of aromatic nitrogens is 3. The Bertz CT molecular complexity index is 1430. The van der Waals surface area contributed by atoms with Gasteiger partial charge in [-0.05, 0) is 35.9 Å². The third kappa shape index (κ3) is 4.41. The van der Waals surface area contributed by atoms with Gasteiger partial charge in [-0.1, -0.05) is 11.6 Å². The summed E-state index contributed by atoms with van der Waals surface area (Å²) in [7, 11) is -1.11. The molecule has 0 fully saturated rings. The number of hydrogen-bond acceptors (Lipinski definition) is 7. The van der Waals surface area contributed by atoms with Crippen molar-refractivity contribution in [1.82, 2.24) is 15.0 Å². The first kappa shape index (κ1) is 21.7. The second kappa shape index (κ2) is 8.56. The number of nitrogens with zero attached hydrogens (tertiary/aromatic N) is 3. The highest BCUT2D eigenvalue weighted by molar-refractivity contribution is 7.92. The maximum Gasteiger partial charge on any atom is 0.267 e. The molecule has 3 heterocycles. The fourth-order valence-electron chi connectivity index (χ4n) is 3.10. The fourth-order valence-corrected chi connectivity index (χ4v) is 4.50. The standard InChI is InChI=1S/C21H17ClFN5O3S/c1-24-20-8-18-14(10-26-20)3-13(9-25-18)12-4-16(23)7-17(5-12)28-32(29,30)19-6-15(22)11-27-21(19)31-2/h3-11,28H,1-2H3,(H,24,26). The summed E-state index contributed by atoms with van der Waals surface area (Å²) < 4.78 is 47.5. The van der Waals surface area contributed by atoms with E-state index in [0.717, 1.165) is 11.5 Å². The monoisotopic (exact) mass is 473 g/mol. The van der Waals surface area contributed by atoms with Gasteiger partial charge in [-0.25, -0.2) is 22.8 Å². The van der Waals surface area contributed by atoms with E-state index in [2.05, 4.69) is 25.0 Å². The molecule has 0 unspecified atom stereocenters. The third-order valence-electron chi connectivity index (χ3n) is 4.57. The molecule has 164 valence electrons. The molecule has 0 radical (unpaired) electrons. The normalized spacial score (nSPS) is 11.4. The molecule has 0 spiro atoms. The fraction of sp³-hybridized carbons (Fsp3) is 0.0952. The van der Waals surface area contributed by atoms with Crippen LogP contribution in [0.4, 0.5) is 15.9 Å². The second-order valence-corrected chi connectivity index (χ2v) is 8.82. The lowest BCUT2D eigenvalue weighted by atomic mass is 10.1. The van der Waals surface area contributed by atoms with E-state index in [0.29, 0.717) is 22.5 Å². The quantitative estimate of drug-likeness (QED) is 0.429. The van der Waals surface area contributed by atoms with Crippen LogP contribution < -0.4 is 14.8 Å². The molecular weight excluding hydrogens is 457 g/mol. The van der Waals surface area contributed by atoms with Gasteiger partial charge in [-0.2, -0.15) is 0 Å². The molecule has 0 aliphatic carbocycles. The van der Waals surface area contributed by atoms with Crippen molar-refractivity contribution in [2.45, 2.75) is 4.90 Å². The molecule has 0 saturated carbocycles. The van der Waals surface area contributed by atoms with Gasteiger partial charge in [0.25, 0.3) is 10.0 Å². The number of fused-ring (bicyclic) bond motifs is 1. The number of pyridine rings is 3. The first-order chi connectivity index (χ1) is 15.3. The second-order valence-electron chi connectivity index (χ2n) is 6.73. The number of halogens is 2. The minimum absolute atomic E-state index is 0.0192. The van der Waals surface area contributed by atoms with Crippen molar-refractivity contribution in [3.63, 3.8) is 0 Å². The smallest absolute Gasteiger partial charge is 0.267 e. The molecule has 8 nitrogen and oxygen atoms in total. The Morgan fingerprint density at radius 3 is 2.53 bits per heavy atom. The number of benzene rings is 1. The van der Waals surface area contributed by atoms with Crippen LogP contribution in [0.2, 0.25) is 5.02 Å². The van der Waals surface area contributed by atoms with E-state index >= 15 is 0 Å². The summed E-state index contributed by atoms with van der Waals surface area (Å²) in [5, 5.41) is 3.81. The molecule has 0 aliphatic heterocycles. The van der Waals surface area contributed by atoms with Crippen molar-refractivity contribution in [3.8, 4) is 17.0 Å². The number of hydrogen-bond donors (Lipinski definition) is 2. The number of rotatable bonds is 6. The third-order valence-corrected chi connectivity index (χ3v) is 6.16. The predicted octanol–water partition coefficient (Wildman–Crippen LogP) is 4.34. The summed E-state index contributed by atoms with van der Waals surface area (Å²) >= 11 is 5.89. The van der Waals surface area contributed by atoms with Gasteiger partial charge in [0.15, 0.2) is 4.90 Å². The number of nitrogens with one attached hydrogen (secondary N) is 2. The van der Waals surface area contributed by atoms with Gasteiger partial charge in [0.1, 0.15) is 11.6 Å². The van der Waals surface area contributed by atoms with Crippen molar-refractivity contribution in [1.29, 1.82) is 0 Å². The van der Waals surface area contributed by atoms with Crippen LogP contribution in [-0.4, -0.2) is 37.5 Å². The molecule has 2 N–H and O–H groups in total. The lowest BCUT2D eigenvalue weighted by Gasteiger charge is -2.12. The van der Waals surface area contributed by atoms with Gasteiger partial charge in [0.05, 0.1) is 23.3 Å². The first-order valence-corrected chi connectivity index (χ1v) is 11.1. The summed E-state index contributed by atoms with van der Waals surface area (Å²) in [6.45, 7) is 0. The Labute approximate surface area is 188 Å². The molecule has 4 rings (SSSR count). The molecule has 0 aliphatic rings. The van der Waals surface area contributed by atoms with Crippen LogP contribution in [0.5, 0.6) is 5.88 Å². The van der Waals surface area contributed by atoms with Crippen LogP contribution in [0.25, 0.3) is 22.0 Å². The van der Waals surface area contributed by atoms with Crippen LogP contribution >= 0.6 is 11.6 Å². The maximum absolute atomic E-state index is 14.4. The molecular formula is C21H17ClFN5O3S. The molecule has 0 saturated heterocycles. The van der Waals surface area contributed by atoms with Crippen LogP contribution in [0, 0.1) is 5.82 Å². The van der Waals surface area contributed by atoms with E-state index in [1.807, 2.05) is 0 Å². The van der Waals surface area contributed by atoms with E-state index in [4.69, 9.17) is 16.3 Å². The summed E-state index contributed by atoms with van der Waals surface area (Å²) in [6.07, 6.45) is 4.50. The van der Waals surface area contributed by atoms with E-state index in [-0.39, 0.29) is 21.5 Å². The SMILES string of the molecule is CNc1cc2ncc(-c3cc(F)cc(NS(=O)(=O)c4cc(Cl)cnc4OC)c3)cc2cn1. The van der Waals surface area contributed by atoms with Crippen LogP contribution in [0.15, 0.2) is 59.9 Å². The van der Waals surface area contributed by atoms with Crippen LogP contribution in [0.3, 0.4) is 0 Å². The van der Waals surface area contributed by atoms with E-state index in [9.17, 15) is 12.8 Å². The van der Waals surface area contributed by atoms with Crippen LogP contribution in [-0.2, 0) is 10.0 Å². The molecule has 0 atom stereocenters. The van der Waals surface area contributed by atoms with Crippen molar-refractivity contribution < 1.29 is 17.5 Å². The van der Waals surface area contributed by atoms with Gasteiger partial charge >= 0.3 is 0 Å². The van der Waals surface area contributed by atoms with Gasteiger partial charge in [0, 0.05) is 42.7 Å². The van der Waals surface area contributed by atoms with Crippen molar-refractivity contribution in [2.24, 2.45) is 0 Å². The zero-order valence-corrected chi connectivity index (χ0v) is 18.5. The van der Waals surface area contributed by atoms with Gasteiger partial charge in [-0.3, -0.25) is 9.71 Å². The molecule has 4 aromatic rings. The van der Waals surface area contributed by atoms with Gasteiger partial charge in [0.2, 0.25) is 5.88 Å². The molecule has 3 aromatic heterocycles. The topological polar surface area (TPSA) is 106 Å². The Morgan fingerprint density at radius 1 is 0.969 bits per heavy atom. The van der Waals surface area contributed by atoms with Crippen molar-refractivity contribution in [3.05, 3.63) is 65.8 Å². The van der Waals surface area contributed by atoms with Gasteiger partial charge in [-0.15, -0.1) is 0 Å². The predicted molar refractivity (Wildman–Crippen MR) is 121 cm³/mol. The zero-order chi connectivity index (χ0) is 22.9. The number of methoxy groups -OCH3 is 1. The average molecular weight is 474 g/mol.